The number of aromatic hydroxyl groups is 2. The van der Waals surface area contributed by atoms with E-state index in [9.17, 15) is 15.0 Å². The first-order chi connectivity index (χ1) is 7.38. The van der Waals surface area contributed by atoms with E-state index >= 15 is 0 Å². The van der Waals surface area contributed by atoms with Crippen molar-refractivity contribution >= 4 is 11.6 Å². The molecule has 0 atom stereocenters. The van der Waals surface area contributed by atoms with E-state index < -0.39 is 5.41 Å². The van der Waals surface area contributed by atoms with Gasteiger partial charge >= 0.3 is 0 Å². The van der Waals surface area contributed by atoms with E-state index in [1.165, 1.54) is 18.2 Å². The molecule has 0 bridgehead atoms. The van der Waals surface area contributed by atoms with Gasteiger partial charge in [-0.1, -0.05) is 26.8 Å². The number of rotatable bonds is 3. The minimum absolute atomic E-state index is 0.0639. The molecule has 3 N–H and O–H groups in total. The maximum Gasteiger partial charge on any atom is 0.230 e. The van der Waals surface area contributed by atoms with Gasteiger partial charge in [0.05, 0.1) is 0 Å². The standard InChI is InChI=1S/C12H17NO3/c1-4-12(2,3)11(16)13-10-8(14)6-5-7-9(10)15/h5-7,14-15H,4H2,1-3H3,(H,13,16). The van der Waals surface area contributed by atoms with E-state index in [2.05, 4.69) is 5.32 Å². The van der Waals surface area contributed by atoms with Crippen LogP contribution in [0.5, 0.6) is 11.5 Å². The van der Waals surface area contributed by atoms with Crippen LogP contribution in [0.25, 0.3) is 0 Å². The minimum Gasteiger partial charge on any atom is -0.506 e. The van der Waals surface area contributed by atoms with Gasteiger partial charge in [0, 0.05) is 5.41 Å². The molecule has 1 aromatic rings. The molecule has 0 heterocycles. The van der Waals surface area contributed by atoms with Crippen LogP contribution >= 0.6 is 0 Å². The second kappa shape index (κ2) is 4.43. The van der Waals surface area contributed by atoms with Crippen molar-refractivity contribution in [3.05, 3.63) is 18.2 Å². The Balaban J connectivity index is 2.94. The lowest BCUT2D eigenvalue weighted by molar-refractivity contribution is -0.124. The zero-order valence-electron chi connectivity index (χ0n) is 9.74. The first kappa shape index (κ1) is 12.4. The molecule has 0 aromatic heterocycles. The van der Waals surface area contributed by atoms with E-state index in [0.717, 1.165) is 0 Å². The fourth-order valence-electron chi connectivity index (χ4n) is 1.10. The van der Waals surface area contributed by atoms with E-state index in [4.69, 9.17) is 0 Å². The Hall–Kier alpha value is -1.71. The van der Waals surface area contributed by atoms with Gasteiger partial charge in [-0.15, -0.1) is 0 Å². The number of phenols is 2. The molecule has 0 unspecified atom stereocenters. The van der Waals surface area contributed by atoms with Crippen LogP contribution in [0.15, 0.2) is 18.2 Å². The molecule has 1 aromatic carbocycles. The van der Waals surface area contributed by atoms with Gasteiger partial charge in [-0.2, -0.15) is 0 Å². The first-order valence-electron chi connectivity index (χ1n) is 5.21. The summed E-state index contributed by atoms with van der Waals surface area (Å²) in [4.78, 5) is 11.8. The van der Waals surface area contributed by atoms with Crippen molar-refractivity contribution in [2.75, 3.05) is 5.32 Å². The average molecular weight is 223 g/mol. The topological polar surface area (TPSA) is 69.6 Å². The predicted octanol–water partition coefficient (Wildman–Crippen LogP) is 2.47. The second-order valence-corrected chi connectivity index (χ2v) is 4.36. The Morgan fingerprint density at radius 3 is 2.25 bits per heavy atom. The Kier molecular flexibility index (Phi) is 3.42. The zero-order valence-corrected chi connectivity index (χ0v) is 9.74. The van der Waals surface area contributed by atoms with Crippen molar-refractivity contribution in [3.63, 3.8) is 0 Å². The molecule has 1 amide bonds. The van der Waals surface area contributed by atoms with Crippen LogP contribution in [-0.4, -0.2) is 16.1 Å². The van der Waals surface area contributed by atoms with Gasteiger partial charge in [0.25, 0.3) is 0 Å². The van der Waals surface area contributed by atoms with E-state index in [-0.39, 0.29) is 23.1 Å². The van der Waals surface area contributed by atoms with Crippen LogP contribution in [0.1, 0.15) is 27.2 Å². The molecule has 0 spiro atoms. The molecule has 0 aliphatic carbocycles. The maximum absolute atomic E-state index is 11.8. The lowest BCUT2D eigenvalue weighted by atomic mass is 9.89. The van der Waals surface area contributed by atoms with E-state index in [1.807, 2.05) is 6.92 Å². The number of phenolic OH excluding ortho intramolecular Hbond substituents is 2. The molecule has 16 heavy (non-hydrogen) atoms. The molecule has 0 fully saturated rings. The molecule has 4 nitrogen and oxygen atoms in total. The van der Waals surface area contributed by atoms with Crippen molar-refractivity contribution in [3.8, 4) is 11.5 Å². The number of para-hydroxylation sites is 1. The van der Waals surface area contributed by atoms with Crippen molar-refractivity contribution in [1.82, 2.24) is 0 Å². The summed E-state index contributed by atoms with van der Waals surface area (Å²) in [5, 5.41) is 21.5. The van der Waals surface area contributed by atoms with Crippen molar-refractivity contribution in [2.24, 2.45) is 5.41 Å². The van der Waals surface area contributed by atoms with Crippen LogP contribution in [0.3, 0.4) is 0 Å². The summed E-state index contributed by atoms with van der Waals surface area (Å²) in [7, 11) is 0. The van der Waals surface area contributed by atoms with Gasteiger partial charge in [0.1, 0.15) is 17.2 Å². The summed E-state index contributed by atoms with van der Waals surface area (Å²) in [5.74, 6) is -0.507. The van der Waals surface area contributed by atoms with Crippen LogP contribution in [-0.2, 0) is 4.79 Å². The number of hydrogen-bond donors (Lipinski definition) is 3. The monoisotopic (exact) mass is 223 g/mol. The van der Waals surface area contributed by atoms with Gasteiger partial charge in [-0.3, -0.25) is 4.79 Å². The van der Waals surface area contributed by atoms with Gasteiger partial charge in [-0.25, -0.2) is 0 Å². The predicted molar refractivity (Wildman–Crippen MR) is 62.5 cm³/mol. The maximum atomic E-state index is 11.8. The Morgan fingerprint density at radius 1 is 1.31 bits per heavy atom. The van der Waals surface area contributed by atoms with E-state index in [1.54, 1.807) is 13.8 Å². The highest BCUT2D eigenvalue weighted by molar-refractivity contribution is 5.97. The molecule has 1 rings (SSSR count). The van der Waals surface area contributed by atoms with Crippen LogP contribution in [0.2, 0.25) is 0 Å². The average Bonchev–Trinajstić information content (AvgIpc) is 2.23. The molecule has 0 saturated heterocycles. The Labute approximate surface area is 94.9 Å². The summed E-state index contributed by atoms with van der Waals surface area (Å²) in [6.07, 6.45) is 0.674. The molecular weight excluding hydrogens is 206 g/mol. The number of hydrogen-bond acceptors (Lipinski definition) is 3. The number of anilines is 1. The third-order valence-electron chi connectivity index (χ3n) is 2.76. The SMILES string of the molecule is CCC(C)(C)C(=O)Nc1c(O)cccc1O. The van der Waals surface area contributed by atoms with Crippen molar-refractivity contribution in [1.29, 1.82) is 0 Å². The minimum atomic E-state index is -0.533. The second-order valence-electron chi connectivity index (χ2n) is 4.36. The first-order valence-corrected chi connectivity index (χ1v) is 5.21. The molecule has 0 aliphatic heterocycles. The fourth-order valence-corrected chi connectivity index (χ4v) is 1.10. The number of benzene rings is 1. The highest BCUT2D eigenvalue weighted by Crippen LogP contribution is 2.34. The van der Waals surface area contributed by atoms with Crippen LogP contribution in [0, 0.1) is 5.41 Å². The summed E-state index contributed by atoms with van der Waals surface area (Å²) < 4.78 is 0. The quantitative estimate of drug-likeness (QED) is 0.689. The van der Waals surface area contributed by atoms with Crippen LogP contribution in [0.4, 0.5) is 5.69 Å². The summed E-state index contributed by atoms with van der Waals surface area (Å²) >= 11 is 0. The third kappa shape index (κ3) is 2.45. The molecular formula is C12H17NO3. The third-order valence-corrected chi connectivity index (χ3v) is 2.76. The summed E-state index contributed by atoms with van der Waals surface area (Å²) in [6.45, 7) is 5.52. The number of amides is 1. The van der Waals surface area contributed by atoms with Gasteiger partial charge in [0.2, 0.25) is 5.91 Å². The van der Waals surface area contributed by atoms with Gasteiger partial charge in [-0.05, 0) is 18.6 Å². The fraction of sp³-hybridized carbons (Fsp3) is 0.417. The lowest BCUT2D eigenvalue weighted by Crippen LogP contribution is -2.30. The summed E-state index contributed by atoms with van der Waals surface area (Å²) in [5.41, 5.74) is -0.469. The lowest BCUT2D eigenvalue weighted by Gasteiger charge is -2.22. The van der Waals surface area contributed by atoms with Crippen molar-refractivity contribution in [2.45, 2.75) is 27.2 Å². The summed E-state index contributed by atoms with van der Waals surface area (Å²) in [6, 6.07) is 4.33. The zero-order chi connectivity index (χ0) is 12.3. The van der Waals surface area contributed by atoms with Crippen LogP contribution < -0.4 is 5.32 Å². The van der Waals surface area contributed by atoms with Gasteiger partial charge < -0.3 is 15.5 Å². The highest BCUT2D eigenvalue weighted by atomic mass is 16.3. The number of carbonyl (C=O) groups excluding carboxylic acids is 1. The normalized spacial score (nSPS) is 11.2. The number of carbonyl (C=O) groups is 1. The molecule has 0 aliphatic rings. The molecule has 0 radical (unpaired) electrons. The molecule has 4 heteroatoms. The Morgan fingerprint density at radius 2 is 1.81 bits per heavy atom. The molecule has 88 valence electrons. The molecule has 0 saturated carbocycles. The van der Waals surface area contributed by atoms with Gasteiger partial charge in [0.15, 0.2) is 0 Å². The van der Waals surface area contributed by atoms with Crippen molar-refractivity contribution < 1.29 is 15.0 Å². The highest BCUT2D eigenvalue weighted by Gasteiger charge is 2.26. The Bertz CT molecular complexity index is 379. The largest absolute Gasteiger partial charge is 0.506 e. The number of nitrogens with one attached hydrogen (secondary N) is 1. The smallest absolute Gasteiger partial charge is 0.230 e. The van der Waals surface area contributed by atoms with E-state index in [0.29, 0.717) is 6.42 Å².